The molecule has 0 aliphatic carbocycles. The lowest BCUT2D eigenvalue weighted by Crippen LogP contribution is -2.13. The van der Waals surface area contributed by atoms with Gasteiger partial charge in [-0.2, -0.15) is 0 Å². The molecule has 0 bridgehead atoms. The van der Waals surface area contributed by atoms with Crippen LogP contribution in [0.25, 0.3) is 0 Å². The van der Waals surface area contributed by atoms with Crippen LogP contribution in [0.5, 0.6) is 0 Å². The standard InChI is InChI=1S/C19H23NO4S/c1-4-14(3)15-6-10-17(11-7-15)20-25(22,23)18-12-8-16(9-13-18)19(21)24-5-2/h6-14,20H,4-5H2,1-3H3/t14-/m0/s1. The summed E-state index contributed by atoms with van der Waals surface area (Å²) in [6.45, 7) is 6.23. The van der Waals surface area contributed by atoms with E-state index in [1.54, 1.807) is 19.1 Å². The van der Waals surface area contributed by atoms with E-state index in [1.807, 2.05) is 12.1 Å². The molecule has 1 N–H and O–H groups in total. The molecule has 0 aliphatic heterocycles. The van der Waals surface area contributed by atoms with Crippen molar-refractivity contribution in [1.82, 2.24) is 0 Å². The van der Waals surface area contributed by atoms with Crippen molar-refractivity contribution in [2.45, 2.75) is 38.0 Å². The number of ether oxygens (including phenoxy) is 1. The predicted molar refractivity (Wildman–Crippen MR) is 98.4 cm³/mol. The van der Waals surface area contributed by atoms with Crippen LogP contribution in [0.4, 0.5) is 5.69 Å². The normalized spacial score (nSPS) is 12.4. The molecule has 0 fully saturated rings. The minimum atomic E-state index is -3.71. The van der Waals surface area contributed by atoms with E-state index in [9.17, 15) is 13.2 Å². The Morgan fingerprint density at radius 1 is 1.04 bits per heavy atom. The van der Waals surface area contributed by atoms with Crippen LogP contribution < -0.4 is 4.72 Å². The summed E-state index contributed by atoms with van der Waals surface area (Å²) in [6, 6.07) is 13.0. The summed E-state index contributed by atoms with van der Waals surface area (Å²) in [6.07, 6.45) is 1.03. The van der Waals surface area contributed by atoms with Crippen molar-refractivity contribution >= 4 is 21.7 Å². The van der Waals surface area contributed by atoms with E-state index in [1.165, 1.54) is 29.8 Å². The zero-order valence-electron chi connectivity index (χ0n) is 14.7. The summed E-state index contributed by atoms with van der Waals surface area (Å²) in [7, 11) is -3.71. The molecule has 2 aromatic carbocycles. The molecule has 0 unspecified atom stereocenters. The first-order valence-electron chi connectivity index (χ1n) is 8.27. The van der Waals surface area contributed by atoms with Gasteiger partial charge in [-0.3, -0.25) is 4.72 Å². The van der Waals surface area contributed by atoms with Crippen LogP contribution >= 0.6 is 0 Å². The number of hydrogen-bond donors (Lipinski definition) is 1. The van der Waals surface area contributed by atoms with Crippen molar-refractivity contribution in [1.29, 1.82) is 0 Å². The molecule has 0 aromatic heterocycles. The molecule has 1 atom stereocenters. The van der Waals surface area contributed by atoms with E-state index in [0.29, 0.717) is 17.2 Å². The van der Waals surface area contributed by atoms with Crippen LogP contribution in [0.15, 0.2) is 53.4 Å². The maximum Gasteiger partial charge on any atom is 0.338 e. The van der Waals surface area contributed by atoms with E-state index in [2.05, 4.69) is 18.6 Å². The second kappa shape index (κ2) is 8.16. The van der Waals surface area contributed by atoms with E-state index in [4.69, 9.17) is 4.74 Å². The van der Waals surface area contributed by atoms with E-state index in [-0.39, 0.29) is 11.5 Å². The van der Waals surface area contributed by atoms with Gasteiger partial charge in [-0.25, -0.2) is 13.2 Å². The molecule has 25 heavy (non-hydrogen) atoms. The van der Waals surface area contributed by atoms with Crippen LogP contribution in [-0.4, -0.2) is 21.0 Å². The minimum Gasteiger partial charge on any atom is -0.462 e. The Morgan fingerprint density at radius 3 is 2.16 bits per heavy atom. The summed E-state index contributed by atoms with van der Waals surface area (Å²) in [4.78, 5) is 11.7. The lowest BCUT2D eigenvalue weighted by atomic mass is 9.99. The third-order valence-electron chi connectivity index (χ3n) is 4.02. The number of carbonyl (C=O) groups is 1. The fourth-order valence-electron chi connectivity index (χ4n) is 2.31. The fourth-order valence-corrected chi connectivity index (χ4v) is 3.37. The van der Waals surface area contributed by atoms with Gasteiger partial charge in [-0.15, -0.1) is 0 Å². The highest BCUT2D eigenvalue weighted by Crippen LogP contribution is 2.22. The zero-order chi connectivity index (χ0) is 18.4. The minimum absolute atomic E-state index is 0.0894. The van der Waals surface area contributed by atoms with Crippen molar-refractivity contribution in [2.24, 2.45) is 0 Å². The molecule has 6 heteroatoms. The fraction of sp³-hybridized carbons (Fsp3) is 0.316. The molecule has 0 amide bonds. The summed E-state index contributed by atoms with van der Waals surface area (Å²) in [5.41, 5.74) is 1.99. The van der Waals surface area contributed by atoms with Crippen molar-refractivity contribution in [3.63, 3.8) is 0 Å². The Hall–Kier alpha value is -2.34. The van der Waals surface area contributed by atoms with Gasteiger partial charge in [0.15, 0.2) is 0 Å². The average molecular weight is 361 g/mol. The number of nitrogens with one attached hydrogen (secondary N) is 1. The first kappa shape index (κ1) is 19.0. The van der Waals surface area contributed by atoms with Crippen molar-refractivity contribution in [3.8, 4) is 0 Å². The molecule has 0 spiro atoms. The van der Waals surface area contributed by atoms with E-state index < -0.39 is 16.0 Å². The predicted octanol–water partition coefficient (Wildman–Crippen LogP) is 4.18. The van der Waals surface area contributed by atoms with Gasteiger partial charge < -0.3 is 4.74 Å². The molecule has 2 aromatic rings. The third-order valence-corrected chi connectivity index (χ3v) is 5.42. The van der Waals surface area contributed by atoms with Gasteiger partial charge >= 0.3 is 5.97 Å². The highest BCUT2D eigenvalue weighted by Gasteiger charge is 2.16. The van der Waals surface area contributed by atoms with E-state index in [0.717, 1.165) is 6.42 Å². The smallest absolute Gasteiger partial charge is 0.338 e. The summed E-state index contributed by atoms with van der Waals surface area (Å²) >= 11 is 0. The highest BCUT2D eigenvalue weighted by molar-refractivity contribution is 7.92. The Bertz CT molecular complexity index is 812. The number of anilines is 1. The van der Waals surface area contributed by atoms with Gasteiger partial charge in [0.25, 0.3) is 10.0 Å². The Morgan fingerprint density at radius 2 is 1.64 bits per heavy atom. The van der Waals surface area contributed by atoms with Crippen LogP contribution in [0, 0.1) is 0 Å². The summed E-state index contributed by atoms with van der Waals surface area (Å²) in [5, 5.41) is 0. The SMILES string of the molecule is CCOC(=O)c1ccc(S(=O)(=O)Nc2ccc([C@@H](C)CC)cc2)cc1. The van der Waals surface area contributed by atoms with Gasteiger partial charge in [-0.05, 0) is 61.2 Å². The highest BCUT2D eigenvalue weighted by atomic mass is 32.2. The number of carbonyl (C=O) groups excluding carboxylic acids is 1. The Labute approximate surface area is 149 Å². The first-order chi connectivity index (χ1) is 11.9. The zero-order valence-corrected chi connectivity index (χ0v) is 15.5. The molecular formula is C19H23NO4S. The van der Waals surface area contributed by atoms with Crippen LogP contribution in [0.2, 0.25) is 0 Å². The lowest BCUT2D eigenvalue weighted by molar-refractivity contribution is 0.0526. The molecule has 0 radical (unpaired) electrons. The summed E-state index contributed by atoms with van der Waals surface area (Å²) < 4.78 is 32.3. The topological polar surface area (TPSA) is 72.5 Å². The average Bonchev–Trinajstić information content (AvgIpc) is 2.61. The lowest BCUT2D eigenvalue weighted by Gasteiger charge is -2.12. The second-order valence-electron chi connectivity index (χ2n) is 5.78. The monoisotopic (exact) mass is 361 g/mol. The molecule has 2 rings (SSSR count). The Balaban J connectivity index is 2.14. The molecule has 0 saturated carbocycles. The van der Waals surface area contributed by atoms with Gasteiger partial charge in [-0.1, -0.05) is 26.0 Å². The van der Waals surface area contributed by atoms with Crippen molar-refractivity contribution in [3.05, 3.63) is 59.7 Å². The molecule has 0 heterocycles. The third kappa shape index (κ3) is 4.82. The number of sulfonamides is 1. The number of rotatable bonds is 7. The molecule has 5 nitrogen and oxygen atoms in total. The number of benzene rings is 2. The number of hydrogen-bond acceptors (Lipinski definition) is 4. The van der Waals surface area contributed by atoms with Gasteiger partial charge in [0.05, 0.1) is 17.1 Å². The Kier molecular flexibility index (Phi) is 6.20. The first-order valence-corrected chi connectivity index (χ1v) is 9.75. The summed E-state index contributed by atoms with van der Waals surface area (Å²) in [5.74, 6) is -0.0406. The number of esters is 1. The van der Waals surface area contributed by atoms with Gasteiger partial charge in [0, 0.05) is 5.69 Å². The van der Waals surface area contributed by atoms with Gasteiger partial charge in [0.2, 0.25) is 0 Å². The van der Waals surface area contributed by atoms with E-state index >= 15 is 0 Å². The molecule has 0 saturated heterocycles. The molecule has 134 valence electrons. The maximum atomic E-state index is 12.5. The van der Waals surface area contributed by atoms with Crippen molar-refractivity contribution in [2.75, 3.05) is 11.3 Å². The second-order valence-corrected chi connectivity index (χ2v) is 7.46. The molecular weight excluding hydrogens is 338 g/mol. The van der Waals surface area contributed by atoms with Crippen LogP contribution in [0.1, 0.15) is 49.0 Å². The molecule has 0 aliphatic rings. The quantitative estimate of drug-likeness (QED) is 0.751. The van der Waals surface area contributed by atoms with Crippen LogP contribution in [0.3, 0.4) is 0 Å². The largest absolute Gasteiger partial charge is 0.462 e. The van der Waals surface area contributed by atoms with Crippen LogP contribution in [-0.2, 0) is 14.8 Å². The van der Waals surface area contributed by atoms with Gasteiger partial charge in [0.1, 0.15) is 0 Å². The van der Waals surface area contributed by atoms with Crippen molar-refractivity contribution < 1.29 is 17.9 Å². The maximum absolute atomic E-state index is 12.5.